The SMILES string of the molecule is CCc1ncc(SC)cn1. The number of aromatic nitrogens is 2. The monoisotopic (exact) mass is 154 g/mol. The van der Waals surface area contributed by atoms with Gasteiger partial charge in [0, 0.05) is 23.7 Å². The van der Waals surface area contributed by atoms with Gasteiger partial charge >= 0.3 is 0 Å². The molecule has 3 heteroatoms. The minimum Gasteiger partial charge on any atom is -0.240 e. The Labute approximate surface area is 65.1 Å². The van der Waals surface area contributed by atoms with E-state index in [0.29, 0.717) is 0 Å². The van der Waals surface area contributed by atoms with E-state index >= 15 is 0 Å². The van der Waals surface area contributed by atoms with E-state index in [-0.39, 0.29) is 0 Å². The van der Waals surface area contributed by atoms with Gasteiger partial charge in [-0.25, -0.2) is 9.97 Å². The lowest BCUT2D eigenvalue weighted by atomic mass is 10.4. The molecule has 1 aromatic heterocycles. The van der Waals surface area contributed by atoms with Gasteiger partial charge in [0.25, 0.3) is 0 Å². The Kier molecular flexibility index (Phi) is 2.68. The molecule has 1 heterocycles. The quantitative estimate of drug-likeness (QED) is 0.607. The molecule has 0 amide bonds. The third-order valence-electron chi connectivity index (χ3n) is 1.23. The second-order valence-corrected chi connectivity index (χ2v) is 2.77. The van der Waals surface area contributed by atoms with Crippen LogP contribution in [-0.2, 0) is 6.42 Å². The van der Waals surface area contributed by atoms with Gasteiger partial charge in [0.15, 0.2) is 0 Å². The first-order valence-electron chi connectivity index (χ1n) is 3.21. The Balaban J connectivity index is 2.80. The molecule has 0 fully saturated rings. The molecule has 0 bridgehead atoms. The highest BCUT2D eigenvalue weighted by molar-refractivity contribution is 7.98. The molecule has 1 aromatic rings. The van der Waals surface area contributed by atoms with E-state index in [0.717, 1.165) is 17.1 Å². The molecule has 0 spiro atoms. The predicted octanol–water partition coefficient (Wildman–Crippen LogP) is 1.76. The number of hydrogen-bond acceptors (Lipinski definition) is 3. The molecule has 0 atom stereocenters. The van der Waals surface area contributed by atoms with Gasteiger partial charge < -0.3 is 0 Å². The van der Waals surface area contributed by atoms with Crippen molar-refractivity contribution in [3.05, 3.63) is 18.2 Å². The number of hydrogen-bond donors (Lipinski definition) is 0. The summed E-state index contributed by atoms with van der Waals surface area (Å²) in [7, 11) is 0. The van der Waals surface area contributed by atoms with Crippen LogP contribution in [0.25, 0.3) is 0 Å². The van der Waals surface area contributed by atoms with E-state index in [1.165, 1.54) is 0 Å². The van der Waals surface area contributed by atoms with E-state index in [9.17, 15) is 0 Å². The zero-order chi connectivity index (χ0) is 7.40. The van der Waals surface area contributed by atoms with E-state index in [1.807, 2.05) is 25.6 Å². The van der Waals surface area contributed by atoms with Crippen LogP contribution in [0.5, 0.6) is 0 Å². The van der Waals surface area contributed by atoms with Crippen molar-refractivity contribution in [2.45, 2.75) is 18.2 Å². The largest absolute Gasteiger partial charge is 0.240 e. The summed E-state index contributed by atoms with van der Waals surface area (Å²) in [4.78, 5) is 9.39. The highest BCUT2D eigenvalue weighted by Crippen LogP contribution is 2.10. The maximum absolute atomic E-state index is 4.14. The molecule has 0 unspecified atom stereocenters. The van der Waals surface area contributed by atoms with Crippen LogP contribution in [0.4, 0.5) is 0 Å². The molecular weight excluding hydrogens is 144 g/mol. The van der Waals surface area contributed by atoms with Crippen molar-refractivity contribution in [2.75, 3.05) is 6.26 Å². The first kappa shape index (κ1) is 7.54. The van der Waals surface area contributed by atoms with Gasteiger partial charge in [0.1, 0.15) is 5.82 Å². The standard InChI is InChI=1S/C7H10N2S/c1-3-7-8-4-6(10-2)5-9-7/h4-5H,3H2,1-2H3. The third kappa shape index (κ3) is 1.70. The van der Waals surface area contributed by atoms with Gasteiger partial charge in [0.05, 0.1) is 0 Å². The zero-order valence-corrected chi connectivity index (χ0v) is 6.98. The molecule has 0 aliphatic carbocycles. The summed E-state index contributed by atoms with van der Waals surface area (Å²) in [5, 5.41) is 0. The van der Waals surface area contributed by atoms with Gasteiger partial charge in [-0.15, -0.1) is 11.8 Å². The molecule has 0 N–H and O–H groups in total. The molecule has 0 saturated carbocycles. The lowest BCUT2D eigenvalue weighted by Crippen LogP contribution is -1.90. The average molecular weight is 154 g/mol. The first-order chi connectivity index (χ1) is 4.86. The fourth-order valence-electron chi connectivity index (χ4n) is 0.631. The van der Waals surface area contributed by atoms with Crippen LogP contribution in [0, 0.1) is 0 Å². The maximum Gasteiger partial charge on any atom is 0.128 e. The summed E-state index contributed by atoms with van der Waals surface area (Å²) in [5.74, 6) is 0.915. The number of thioether (sulfide) groups is 1. The van der Waals surface area contributed by atoms with Crippen LogP contribution in [0.3, 0.4) is 0 Å². The summed E-state index contributed by atoms with van der Waals surface area (Å²) in [6.07, 6.45) is 6.64. The molecule has 10 heavy (non-hydrogen) atoms. The lowest BCUT2D eigenvalue weighted by Gasteiger charge is -1.95. The summed E-state index contributed by atoms with van der Waals surface area (Å²) < 4.78 is 0. The Morgan fingerprint density at radius 3 is 2.40 bits per heavy atom. The highest BCUT2D eigenvalue weighted by Gasteiger charge is 1.91. The van der Waals surface area contributed by atoms with Crippen molar-refractivity contribution < 1.29 is 0 Å². The van der Waals surface area contributed by atoms with Crippen LogP contribution in [0.1, 0.15) is 12.7 Å². The van der Waals surface area contributed by atoms with Crippen molar-refractivity contribution in [3.63, 3.8) is 0 Å². The van der Waals surface area contributed by atoms with E-state index in [4.69, 9.17) is 0 Å². The lowest BCUT2D eigenvalue weighted by molar-refractivity contribution is 0.916. The van der Waals surface area contributed by atoms with Crippen molar-refractivity contribution in [2.24, 2.45) is 0 Å². The van der Waals surface area contributed by atoms with Crippen LogP contribution in [0.2, 0.25) is 0 Å². The third-order valence-corrected chi connectivity index (χ3v) is 1.92. The topological polar surface area (TPSA) is 25.8 Å². The fourth-order valence-corrected chi connectivity index (χ4v) is 0.947. The van der Waals surface area contributed by atoms with Crippen molar-refractivity contribution >= 4 is 11.8 Å². The summed E-state index contributed by atoms with van der Waals surface area (Å²) in [5.41, 5.74) is 0. The Morgan fingerprint density at radius 1 is 1.40 bits per heavy atom. The van der Waals surface area contributed by atoms with Crippen molar-refractivity contribution in [1.29, 1.82) is 0 Å². The minimum absolute atomic E-state index is 0.911. The average Bonchev–Trinajstić information content (AvgIpc) is 2.05. The smallest absolute Gasteiger partial charge is 0.128 e. The van der Waals surface area contributed by atoms with Crippen molar-refractivity contribution in [1.82, 2.24) is 9.97 Å². The van der Waals surface area contributed by atoms with Gasteiger partial charge in [-0.3, -0.25) is 0 Å². The van der Waals surface area contributed by atoms with E-state index in [1.54, 1.807) is 11.8 Å². The number of rotatable bonds is 2. The van der Waals surface area contributed by atoms with Crippen molar-refractivity contribution in [3.8, 4) is 0 Å². The van der Waals surface area contributed by atoms with Crippen LogP contribution >= 0.6 is 11.8 Å². The number of aryl methyl sites for hydroxylation is 1. The zero-order valence-electron chi connectivity index (χ0n) is 6.16. The molecule has 0 radical (unpaired) electrons. The first-order valence-corrected chi connectivity index (χ1v) is 4.44. The molecule has 2 nitrogen and oxygen atoms in total. The van der Waals surface area contributed by atoms with Crippen LogP contribution in [-0.4, -0.2) is 16.2 Å². The normalized spacial score (nSPS) is 9.80. The van der Waals surface area contributed by atoms with Gasteiger partial charge in [0.2, 0.25) is 0 Å². The molecule has 0 aliphatic rings. The summed E-state index contributed by atoms with van der Waals surface area (Å²) in [6, 6.07) is 0. The number of nitrogens with zero attached hydrogens (tertiary/aromatic N) is 2. The molecule has 0 aliphatic heterocycles. The van der Waals surface area contributed by atoms with Gasteiger partial charge in [-0.1, -0.05) is 6.92 Å². The van der Waals surface area contributed by atoms with Crippen LogP contribution < -0.4 is 0 Å². The maximum atomic E-state index is 4.14. The fraction of sp³-hybridized carbons (Fsp3) is 0.429. The van der Waals surface area contributed by atoms with Gasteiger partial charge in [-0.2, -0.15) is 0 Å². The second kappa shape index (κ2) is 3.56. The Morgan fingerprint density at radius 2 is 2.00 bits per heavy atom. The van der Waals surface area contributed by atoms with Crippen LogP contribution in [0.15, 0.2) is 17.3 Å². The predicted molar refractivity (Wildman–Crippen MR) is 43.2 cm³/mol. The summed E-state index contributed by atoms with van der Waals surface area (Å²) in [6.45, 7) is 2.05. The highest BCUT2D eigenvalue weighted by atomic mass is 32.2. The Bertz CT molecular complexity index is 172. The second-order valence-electron chi connectivity index (χ2n) is 1.89. The molecule has 1 rings (SSSR count). The summed E-state index contributed by atoms with van der Waals surface area (Å²) >= 11 is 1.66. The van der Waals surface area contributed by atoms with E-state index < -0.39 is 0 Å². The van der Waals surface area contributed by atoms with Gasteiger partial charge in [-0.05, 0) is 6.26 Å². The molecule has 0 aromatic carbocycles. The van der Waals surface area contributed by atoms with E-state index in [2.05, 4.69) is 9.97 Å². The Hall–Kier alpha value is -0.570. The minimum atomic E-state index is 0.911. The molecular formula is C7H10N2S. The molecule has 0 saturated heterocycles. The molecule has 54 valence electrons.